The molecule has 1 N–H and O–H groups in total. The van der Waals surface area contributed by atoms with Crippen LogP contribution in [0.25, 0.3) is 0 Å². The fourth-order valence-corrected chi connectivity index (χ4v) is 1.91. The third-order valence-electron chi connectivity index (χ3n) is 2.40. The van der Waals surface area contributed by atoms with E-state index >= 15 is 0 Å². The first-order valence-electron chi connectivity index (χ1n) is 5.29. The highest BCUT2D eigenvalue weighted by molar-refractivity contribution is 9.10. The van der Waals surface area contributed by atoms with Crippen LogP contribution in [0.15, 0.2) is 47.2 Å². The molecule has 0 atom stereocenters. The van der Waals surface area contributed by atoms with Gasteiger partial charge in [-0.15, -0.1) is 0 Å². The van der Waals surface area contributed by atoms with Crippen molar-refractivity contribution in [3.8, 4) is 0 Å². The molecule has 0 unspecified atom stereocenters. The standard InChI is InChI=1S/C13H12BrFN2/c14-13-2-1-12(15)7-11(13)9-17-8-10-3-5-16-6-4-10/h1-7,17H,8-9H2. The van der Waals surface area contributed by atoms with Crippen molar-refractivity contribution < 1.29 is 4.39 Å². The molecule has 2 aromatic rings. The molecule has 1 aromatic heterocycles. The summed E-state index contributed by atoms with van der Waals surface area (Å²) < 4.78 is 14.0. The molecule has 0 saturated carbocycles. The highest BCUT2D eigenvalue weighted by Crippen LogP contribution is 2.17. The van der Waals surface area contributed by atoms with Gasteiger partial charge in [-0.3, -0.25) is 4.98 Å². The van der Waals surface area contributed by atoms with Crippen LogP contribution in [0.4, 0.5) is 4.39 Å². The number of nitrogens with one attached hydrogen (secondary N) is 1. The van der Waals surface area contributed by atoms with Crippen molar-refractivity contribution in [2.75, 3.05) is 0 Å². The summed E-state index contributed by atoms with van der Waals surface area (Å²) in [6.45, 7) is 1.37. The zero-order valence-electron chi connectivity index (χ0n) is 9.16. The molecule has 0 spiro atoms. The quantitative estimate of drug-likeness (QED) is 0.936. The number of rotatable bonds is 4. The van der Waals surface area contributed by atoms with E-state index in [1.165, 1.54) is 12.1 Å². The summed E-state index contributed by atoms with van der Waals surface area (Å²) in [5.74, 6) is -0.214. The predicted molar refractivity (Wildman–Crippen MR) is 68.9 cm³/mol. The van der Waals surface area contributed by atoms with Crippen molar-refractivity contribution >= 4 is 15.9 Å². The third kappa shape index (κ3) is 3.61. The summed E-state index contributed by atoms with van der Waals surface area (Å²) in [7, 11) is 0. The average molecular weight is 295 g/mol. The number of hydrogen-bond acceptors (Lipinski definition) is 2. The minimum absolute atomic E-state index is 0.214. The summed E-state index contributed by atoms with van der Waals surface area (Å²) in [4.78, 5) is 3.95. The molecule has 0 fully saturated rings. The second-order valence-corrected chi connectivity index (χ2v) is 4.55. The van der Waals surface area contributed by atoms with Gasteiger partial charge in [0.25, 0.3) is 0 Å². The summed E-state index contributed by atoms with van der Waals surface area (Å²) in [5, 5.41) is 3.26. The predicted octanol–water partition coefficient (Wildman–Crippen LogP) is 3.27. The largest absolute Gasteiger partial charge is 0.309 e. The molecule has 88 valence electrons. The molecule has 17 heavy (non-hydrogen) atoms. The van der Waals surface area contributed by atoms with Crippen molar-refractivity contribution in [3.63, 3.8) is 0 Å². The van der Waals surface area contributed by atoms with Crippen molar-refractivity contribution in [1.82, 2.24) is 10.3 Å². The molecule has 0 radical (unpaired) electrons. The number of aromatic nitrogens is 1. The first-order valence-corrected chi connectivity index (χ1v) is 6.08. The van der Waals surface area contributed by atoms with Gasteiger partial charge in [0.05, 0.1) is 0 Å². The molecule has 0 aliphatic rings. The van der Waals surface area contributed by atoms with Crippen LogP contribution in [0.2, 0.25) is 0 Å². The van der Waals surface area contributed by atoms with Gasteiger partial charge >= 0.3 is 0 Å². The molecule has 2 rings (SSSR count). The van der Waals surface area contributed by atoms with Crippen LogP contribution >= 0.6 is 15.9 Å². The Morgan fingerprint density at radius 2 is 1.88 bits per heavy atom. The second-order valence-electron chi connectivity index (χ2n) is 3.69. The molecule has 2 nitrogen and oxygen atoms in total. The van der Waals surface area contributed by atoms with E-state index in [2.05, 4.69) is 26.2 Å². The molecule has 1 aromatic carbocycles. The van der Waals surface area contributed by atoms with E-state index in [0.717, 1.165) is 22.1 Å². The average Bonchev–Trinajstić information content (AvgIpc) is 2.35. The van der Waals surface area contributed by atoms with Gasteiger partial charge in [0.15, 0.2) is 0 Å². The molecule has 0 bridgehead atoms. The van der Waals surface area contributed by atoms with Crippen LogP contribution in [0.5, 0.6) is 0 Å². The van der Waals surface area contributed by atoms with Gasteiger partial charge in [0.1, 0.15) is 5.82 Å². The molecule has 0 amide bonds. The number of pyridine rings is 1. The molecule has 0 saturated heterocycles. The van der Waals surface area contributed by atoms with Crippen molar-refractivity contribution in [2.45, 2.75) is 13.1 Å². The third-order valence-corrected chi connectivity index (χ3v) is 3.18. The lowest BCUT2D eigenvalue weighted by molar-refractivity contribution is 0.619. The second kappa shape index (κ2) is 5.89. The van der Waals surface area contributed by atoms with E-state index in [4.69, 9.17) is 0 Å². The minimum atomic E-state index is -0.214. The van der Waals surface area contributed by atoms with E-state index in [0.29, 0.717) is 6.54 Å². The minimum Gasteiger partial charge on any atom is -0.309 e. The number of benzene rings is 1. The number of halogens is 2. The Bertz CT molecular complexity index is 488. The van der Waals surface area contributed by atoms with Crippen LogP contribution in [0.3, 0.4) is 0 Å². The van der Waals surface area contributed by atoms with Crippen LogP contribution in [-0.4, -0.2) is 4.98 Å². The monoisotopic (exact) mass is 294 g/mol. The first-order chi connectivity index (χ1) is 8.25. The molecule has 0 aliphatic carbocycles. The van der Waals surface area contributed by atoms with Crippen LogP contribution in [0, 0.1) is 5.82 Å². The normalized spacial score (nSPS) is 10.5. The topological polar surface area (TPSA) is 24.9 Å². The Balaban J connectivity index is 1.92. The van der Waals surface area contributed by atoms with Gasteiger partial charge < -0.3 is 5.32 Å². The van der Waals surface area contributed by atoms with E-state index in [9.17, 15) is 4.39 Å². The van der Waals surface area contributed by atoms with E-state index < -0.39 is 0 Å². The Morgan fingerprint density at radius 3 is 2.65 bits per heavy atom. The van der Waals surface area contributed by atoms with Crippen molar-refractivity contribution in [3.05, 3.63) is 64.1 Å². The Labute approximate surface area is 108 Å². The lowest BCUT2D eigenvalue weighted by atomic mass is 10.2. The zero-order valence-corrected chi connectivity index (χ0v) is 10.7. The van der Waals surface area contributed by atoms with E-state index in [1.807, 2.05) is 12.1 Å². The maximum atomic E-state index is 13.0. The Hall–Kier alpha value is -1.26. The van der Waals surface area contributed by atoms with Crippen molar-refractivity contribution in [1.29, 1.82) is 0 Å². The smallest absolute Gasteiger partial charge is 0.123 e. The van der Waals surface area contributed by atoms with Crippen LogP contribution in [0.1, 0.15) is 11.1 Å². The fraction of sp³-hybridized carbons (Fsp3) is 0.154. The van der Waals surface area contributed by atoms with Gasteiger partial charge in [-0.2, -0.15) is 0 Å². The number of nitrogens with zero attached hydrogens (tertiary/aromatic N) is 1. The molecular formula is C13H12BrFN2. The molecule has 1 heterocycles. The summed E-state index contributed by atoms with van der Waals surface area (Å²) >= 11 is 3.40. The maximum absolute atomic E-state index is 13.0. The lowest BCUT2D eigenvalue weighted by Gasteiger charge is -2.07. The van der Waals surface area contributed by atoms with Gasteiger partial charge in [-0.25, -0.2) is 4.39 Å². The van der Waals surface area contributed by atoms with E-state index in [-0.39, 0.29) is 5.82 Å². The molecule has 4 heteroatoms. The van der Waals surface area contributed by atoms with Gasteiger partial charge in [-0.05, 0) is 41.5 Å². The maximum Gasteiger partial charge on any atom is 0.123 e. The summed E-state index contributed by atoms with van der Waals surface area (Å²) in [6, 6.07) is 8.60. The fourth-order valence-electron chi connectivity index (χ4n) is 1.52. The van der Waals surface area contributed by atoms with Crippen LogP contribution < -0.4 is 5.32 Å². The molecular weight excluding hydrogens is 283 g/mol. The van der Waals surface area contributed by atoms with Gasteiger partial charge in [-0.1, -0.05) is 15.9 Å². The first kappa shape index (κ1) is 12.2. The van der Waals surface area contributed by atoms with Gasteiger partial charge in [0, 0.05) is 30.0 Å². The Kier molecular flexibility index (Phi) is 4.23. The van der Waals surface area contributed by atoms with Crippen molar-refractivity contribution in [2.24, 2.45) is 0 Å². The van der Waals surface area contributed by atoms with Crippen LogP contribution in [-0.2, 0) is 13.1 Å². The summed E-state index contributed by atoms with van der Waals surface area (Å²) in [6.07, 6.45) is 3.52. The SMILES string of the molecule is Fc1ccc(Br)c(CNCc2ccncc2)c1. The van der Waals surface area contributed by atoms with Gasteiger partial charge in [0.2, 0.25) is 0 Å². The number of hydrogen-bond donors (Lipinski definition) is 1. The highest BCUT2D eigenvalue weighted by Gasteiger charge is 2.01. The highest BCUT2D eigenvalue weighted by atomic mass is 79.9. The zero-order chi connectivity index (χ0) is 12.1. The molecule has 0 aliphatic heterocycles. The lowest BCUT2D eigenvalue weighted by Crippen LogP contribution is -2.13. The Morgan fingerprint density at radius 1 is 1.12 bits per heavy atom. The van der Waals surface area contributed by atoms with E-state index in [1.54, 1.807) is 18.5 Å². The summed E-state index contributed by atoms with van der Waals surface area (Å²) in [5.41, 5.74) is 2.08.